The number of nitrogens with zero attached hydrogens (tertiary/aromatic N) is 1. The fraction of sp³-hybridized carbons (Fsp3) is 0.450. The molecule has 2 heterocycles. The summed E-state index contributed by atoms with van der Waals surface area (Å²) in [6.45, 7) is 3.99. The second-order valence-electron chi connectivity index (χ2n) is 6.37. The Morgan fingerprint density at radius 2 is 2.19 bits per heavy atom. The topological polar surface area (TPSA) is 50.8 Å². The van der Waals surface area contributed by atoms with Gasteiger partial charge in [-0.2, -0.15) is 0 Å². The third-order valence-electron chi connectivity index (χ3n) is 4.46. The molecular formula is C20H26N2O3S. The fourth-order valence-electron chi connectivity index (χ4n) is 3.05. The molecule has 0 saturated carbocycles. The van der Waals surface area contributed by atoms with Gasteiger partial charge in [0.2, 0.25) is 5.91 Å². The summed E-state index contributed by atoms with van der Waals surface area (Å²) >= 11 is 1.68. The van der Waals surface area contributed by atoms with E-state index in [-0.39, 0.29) is 0 Å². The van der Waals surface area contributed by atoms with Crippen LogP contribution in [0.4, 0.5) is 0 Å². The normalized spacial score (nSPS) is 14.0. The van der Waals surface area contributed by atoms with Crippen molar-refractivity contribution in [3.05, 3.63) is 46.2 Å². The summed E-state index contributed by atoms with van der Waals surface area (Å²) in [6.07, 6.45) is 2.70. The second-order valence-corrected chi connectivity index (χ2v) is 7.40. The van der Waals surface area contributed by atoms with Crippen LogP contribution in [0.15, 0.2) is 35.7 Å². The largest absolute Gasteiger partial charge is 0.493 e. The van der Waals surface area contributed by atoms with Crippen LogP contribution < -0.4 is 14.8 Å². The Morgan fingerprint density at radius 1 is 1.27 bits per heavy atom. The molecule has 26 heavy (non-hydrogen) atoms. The lowest BCUT2D eigenvalue weighted by molar-refractivity contribution is -0.127. The van der Waals surface area contributed by atoms with Gasteiger partial charge in [0.25, 0.3) is 0 Å². The van der Waals surface area contributed by atoms with Crippen LogP contribution in [0.25, 0.3) is 0 Å². The number of likely N-dealkylation sites (tertiary alicyclic amines) is 1. The van der Waals surface area contributed by atoms with Crippen LogP contribution in [0, 0.1) is 0 Å². The first-order valence-corrected chi connectivity index (χ1v) is 9.95. The van der Waals surface area contributed by atoms with Gasteiger partial charge >= 0.3 is 0 Å². The summed E-state index contributed by atoms with van der Waals surface area (Å²) in [7, 11) is 1.66. The summed E-state index contributed by atoms with van der Waals surface area (Å²) in [4.78, 5) is 14.7. The van der Waals surface area contributed by atoms with Crippen molar-refractivity contribution in [2.45, 2.75) is 32.4 Å². The number of carbonyl (C=O) groups is 1. The predicted molar refractivity (Wildman–Crippen MR) is 104 cm³/mol. The van der Waals surface area contributed by atoms with Gasteiger partial charge in [-0.1, -0.05) is 12.1 Å². The monoisotopic (exact) mass is 374 g/mol. The SMILES string of the molecule is COc1cc(CNCCCN2CCCC2=O)ccc1OCc1cccs1. The van der Waals surface area contributed by atoms with E-state index in [1.54, 1.807) is 18.4 Å². The average molecular weight is 375 g/mol. The van der Waals surface area contributed by atoms with E-state index in [9.17, 15) is 4.79 Å². The molecule has 0 unspecified atom stereocenters. The van der Waals surface area contributed by atoms with Gasteiger partial charge in [-0.3, -0.25) is 4.79 Å². The maximum absolute atomic E-state index is 11.6. The Labute approximate surface area is 158 Å². The van der Waals surface area contributed by atoms with Crippen molar-refractivity contribution in [1.82, 2.24) is 10.2 Å². The minimum atomic E-state index is 0.299. The minimum Gasteiger partial charge on any atom is -0.493 e. The molecule has 0 radical (unpaired) electrons. The van der Waals surface area contributed by atoms with Crippen LogP contribution in [0.5, 0.6) is 11.5 Å². The van der Waals surface area contributed by atoms with E-state index in [1.165, 1.54) is 4.88 Å². The molecule has 1 saturated heterocycles. The number of methoxy groups -OCH3 is 1. The number of ether oxygens (including phenoxy) is 2. The molecule has 6 heteroatoms. The Kier molecular flexibility index (Phi) is 6.91. The van der Waals surface area contributed by atoms with Crippen molar-refractivity contribution in [3.63, 3.8) is 0 Å². The molecule has 0 bridgehead atoms. The van der Waals surface area contributed by atoms with E-state index >= 15 is 0 Å². The zero-order valence-corrected chi connectivity index (χ0v) is 16.0. The summed E-state index contributed by atoms with van der Waals surface area (Å²) in [6, 6.07) is 10.1. The predicted octanol–water partition coefficient (Wildman–Crippen LogP) is 3.44. The molecule has 0 aliphatic carbocycles. The van der Waals surface area contributed by atoms with Gasteiger partial charge in [-0.05, 0) is 48.5 Å². The quantitative estimate of drug-likeness (QED) is 0.647. The lowest BCUT2D eigenvalue weighted by Gasteiger charge is -2.15. The van der Waals surface area contributed by atoms with Crippen LogP contribution in [-0.4, -0.2) is 37.6 Å². The third-order valence-corrected chi connectivity index (χ3v) is 5.31. The zero-order valence-electron chi connectivity index (χ0n) is 15.2. The minimum absolute atomic E-state index is 0.299. The summed E-state index contributed by atoms with van der Waals surface area (Å²) < 4.78 is 11.3. The number of thiophene rings is 1. The van der Waals surface area contributed by atoms with Crippen LogP contribution in [0.1, 0.15) is 29.7 Å². The molecule has 1 aromatic carbocycles. The Balaban J connectivity index is 1.42. The highest BCUT2D eigenvalue weighted by molar-refractivity contribution is 7.09. The van der Waals surface area contributed by atoms with Gasteiger partial charge in [0, 0.05) is 30.9 Å². The first-order chi connectivity index (χ1) is 12.8. The highest BCUT2D eigenvalue weighted by Crippen LogP contribution is 2.29. The van der Waals surface area contributed by atoms with Crippen LogP contribution >= 0.6 is 11.3 Å². The molecule has 140 valence electrons. The maximum Gasteiger partial charge on any atom is 0.222 e. The Morgan fingerprint density at radius 3 is 2.92 bits per heavy atom. The number of carbonyl (C=O) groups excluding carboxylic acids is 1. The standard InChI is InChI=1S/C20H26N2O3S/c1-24-19-13-16(7-8-18(19)25-15-17-5-3-12-26-17)14-21-9-4-11-22-10-2-6-20(22)23/h3,5,7-8,12-13,21H,2,4,6,9-11,14-15H2,1H3. The zero-order chi connectivity index (χ0) is 18.2. The number of hydrogen-bond donors (Lipinski definition) is 1. The third kappa shape index (κ3) is 5.22. The van der Waals surface area contributed by atoms with E-state index in [2.05, 4.69) is 17.4 Å². The lowest BCUT2D eigenvalue weighted by Crippen LogP contribution is -2.28. The molecule has 1 aliphatic heterocycles. The average Bonchev–Trinajstić information content (AvgIpc) is 3.32. The summed E-state index contributed by atoms with van der Waals surface area (Å²) in [5.74, 6) is 1.81. The molecule has 1 fully saturated rings. The smallest absolute Gasteiger partial charge is 0.222 e. The molecule has 3 rings (SSSR count). The van der Waals surface area contributed by atoms with E-state index in [1.807, 2.05) is 28.5 Å². The van der Waals surface area contributed by atoms with Gasteiger partial charge in [0.05, 0.1) is 7.11 Å². The van der Waals surface area contributed by atoms with Crippen LogP contribution in [0.2, 0.25) is 0 Å². The molecule has 0 spiro atoms. The van der Waals surface area contributed by atoms with E-state index in [0.717, 1.165) is 56.1 Å². The molecule has 1 amide bonds. The molecular weight excluding hydrogens is 348 g/mol. The first kappa shape index (κ1) is 18.7. The lowest BCUT2D eigenvalue weighted by atomic mass is 10.2. The number of amides is 1. The Bertz CT molecular complexity index is 703. The maximum atomic E-state index is 11.6. The van der Waals surface area contributed by atoms with Gasteiger partial charge < -0.3 is 19.7 Å². The Hall–Kier alpha value is -2.05. The van der Waals surface area contributed by atoms with Crippen molar-refractivity contribution < 1.29 is 14.3 Å². The molecule has 0 atom stereocenters. The molecule has 1 aromatic heterocycles. The van der Waals surface area contributed by atoms with Gasteiger partial charge in [0.1, 0.15) is 6.61 Å². The van der Waals surface area contributed by atoms with Crippen LogP contribution in [0.3, 0.4) is 0 Å². The van der Waals surface area contributed by atoms with Crippen molar-refractivity contribution in [2.75, 3.05) is 26.7 Å². The molecule has 2 aromatic rings. The summed E-state index contributed by atoms with van der Waals surface area (Å²) in [5.41, 5.74) is 1.16. The number of benzene rings is 1. The van der Waals surface area contributed by atoms with E-state index < -0.39 is 0 Å². The highest BCUT2D eigenvalue weighted by Gasteiger charge is 2.18. The number of hydrogen-bond acceptors (Lipinski definition) is 5. The molecule has 1 aliphatic rings. The summed E-state index contributed by atoms with van der Waals surface area (Å²) in [5, 5.41) is 5.48. The van der Waals surface area contributed by atoms with Gasteiger partial charge in [0.15, 0.2) is 11.5 Å². The first-order valence-electron chi connectivity index (χ1n) is 9.07. The molecule has 1 N–H and O–H groups in total. The van der Waals surface area contributed by atoms with Gasteiger partial charge in [-0.25, -0.2) is 0 Å². The second kappa shape index (κ2) is 9.59. The highest BCUT2D eigenvalue weighted by atomic mass is 32.1. The van der Waals surface area contributed by atoms with Crippen molar-refractivity contribution >= 4 is 17.2 Å². The van der Waals surface area contributed by atoms with E-state index in [4.69, 9.17) is 9.47 Å². The van der Waals surface area contributed by atoms with Crippen molar-refractivity contribution in [2.24, 2.45) is 0 Å². The van der Waals surface area contributed by atoms with Crippen molar-refractivity contribution in [3.8, 4) is 11.5 Å². The van der Waals surface area contributed by atoms with Crippen molar-refractivity contribution in [1.29, 1.82) is 0 Å². The van der Waals surface area contributed by atoms with E-state index in [0.29, 0.717) is 18.9 Å². The van der Waals surface area contributed by atoms with Gasteiger partial charge in [-0.15, -0.1) is 11.3 Å². The van der Waals surface area contributed by atoms with Crippen LogP contribution in [-0.2, 0) is 17.9 Å². The number of nitrogens with one attached hydrogen (secondary N) is 1. The number of rotatable bonds is 10. The molecule has 5 nitrogen and oxygen atoms in total. The fourth-order valence-corrected chi connectivity index (χ4v) is 3.67.